The van der Waals surface area contributed by atoms with Crippen LogP contribution in [0.15, 0.2) is 0 Å². The fraction of sp³-hybridized carbons (Fsp3) is 0.821. The van der Waals surface area contributed by atoms with E-state index in [0.717, 1.165) is 51.2 Å². The molecule has 0 rings (SSSR count). The summed E-state index contributed by atoms with van der Waals surface area (Å²) in [6.45, 7) is 2.20. The van der Waals surface area contributed by atoms with Crippen LogP contribution >= 0.6 is 0 Å². The molecule has 2 N–H and O–H groups in total. The first-order chi connectivity index (χ1) is 17.3. The van der Waals surface area contributed by atoms with Gasteiger partial charge in [-0.1, -0.05) is 96.8 Å². The number of Topliss-reactive ketones (excluding diaryl/α,β-unsaturated/α-hetero) is 1. The molecule has 2 unspecified atom stereocenters. The van der Waals surface area contributed by atoms with Gasteiger partial charge < -0.3 is 19.7 Å². The quantitative estimate of drug-likeness (QED) is 0.0599. The van der Waals surface area contributed by atoms with E-state index in [4.69, 9.17) is 4.74 Å². The average Bonchev–Trinajstić information content (AvgIpc) is 2.83. The van der Waals surface area contributed by atoms with Gasteiger partial charge in [0.2, 0.25) is 6.10 Å². The van der Waals surface area contributed by atoms with Gasteiger partial charge in [-0.25, -0.2) is 4.79 Å². The van der Waals surface area contributed by atoms with E-state index in [0.29, 0.717) is 25.7 Å². The van der Waals surface area contributed by atoms with Crippen molar-refractivity contribution >= 4 is 30.0 Å². The summed E-state index contributed by atoms with van der Waals surface area (Å²) in [6, 6.07) is 0. The maximum absolute atomic E-state index is 12.5. The summed E-state index contributed by atoms with van der Waals surface area (Å²) >= 11 is 0. The largest absolute Gasteiger partial charge is 0.481 e. The Hall–Kier alpha value is -2.25. The second kappa shape index (κ2) is 23.2. The van der Waals surface area contributed by atoms with Crippen LogP contribution in [0.2, 0.25) is 0 Å². The average molecular weight is 513 g/mol. The molecule has 0 amide bonds. The van der Waals surface area contributed by atoms with Gasteiger partial charge >= 0.3 is 17.9 Å². The van der Waals surface area contributed by atoms with Crippen molar-refractivity contribution in [2.75, 3.05) is 0 Å². The van der Waals surface area contributed by atoms with Crippen LogP contribution in [0.5, 0.6) is 0 Å². The van der Waals surface area contributed by atoms with Crippen LogP contribution in [0.25, 0.3) is 0 Å². The molecule has 208 valence electrons. The number of carbonyl (C=O) groups is 5. The Kier molecular flexibility index (Phi) is 21.7. The molecule has 0 spiro atoms. The van der Waals surface area contributed by atoms with E-state index >= 15 is 0 Å². The molecule has 0 heterocycles. The molecule has 0 fully saturated rings. The van der Waals surface area contributed by atoms with Crippen molar-refractivity contribution in [3.8, 4) is 0 Å². The monoisotopic (exact) mass is 512 g/mol. The third kappa shape index (κ3) is 18.1. The Morgan fingerprint density at radius 2 is 1.08 bits per heavy atom. The van der Waals surface area contributed by atoms with Crippen molar-refractivity contribution in [3.05, 3.63) is 0 Å². The van der Waals surface area contributed by atoms with Crippen LogP contribution in [0, 0.1) is 5.92 Å². The molecule has 0 aromatic heterocycles. The molecular formula is C28H48O8. The number of carboxylic acids is 2. The number of hydrogen-bond donors (Lipinski definition) is 2. The Morgan fingerprint density at radius 1 is 0.639 bits per heavy atom. The molecule has 0 aliphatic carbocycles. The minimum absolute atomic E-state index is 0.00539. The smallest absolute Gasteiger partial charge is 0.346 e. The standard InChI is InChI=1S/C28H48O8/c1-2-3-4-5-6-7-8-9-12-15-18-21-24(31)36-26(28(34)35)25(27(32)33)23(30)20-17-14-11-10-13-16-19-22-29/h22,25-26H,2-21H2,1H3,(H,32,33)(H,34,35). The van der Waals surface area contributed by atoms with Gasteiger partial charge in [0.05, 0.1) is 0 Å². The Balaban J connectivity index is 4.28. The summed E-state index contributed by atoms with van der Waals surface area (Å²) in [6.07, 6.45) is 16.2. The van der Waals surface area contributed by atoms with Crippen LogP contribution in [0.4, 0.5) is 0 Å². The molecule has 0 bridgehead atoms. The minimum Gasteiger partial charge on any atom is -0.481 e. The van der Waals surface area contributed by atoms with Crippen molar-refractivity contribution in [1.29, 1.82) is 0 Å². The fourth-order valence-corrected chi connectivity index (χ4v) is 4.22. The number of carbonyl (C=O) groups excluding carboxylic acids is 3. The Bertz CT molecular complexity index is 631. The van der Waals surface area contributed by atoms with E-state index in [-0.39, 0.29) is 12.8 Å². The van der Waals surface area contributed by atoms with E-state index < -0.39 is 35.7 Å². The number of ketones is 1. The van der Waals surface area contributed by atoms with E-state index in [1.54, 1.807) is 0 Å². The van der Waals surface area contributed by atoms with Gasteiger partial charge in [0, 0.05) is 19.3 Å². The van der Waals surface area contributed by atoms with Gasteiger partial charge in [-0.05, 0) is 19.3 Å². The van der Waals surface area contributed by atoms with E-state index in [2.05, 4.69) is 6.92 Å². The van der Waals surface area contributed by atoms with E-state index in [9.17, 15) is 34.2 Å². The summed E-state index contributed by atoms with van der Waals surface area (Å²) in [5, 5.41) is 18.9. The number of aldehydes is 1. The van der Waals surface area contributed by atoms with Gasteiger partial charge in [0.25, 0.3) is 0 Å². The van der Waals surface area contributed by atoms with Gasteiger partial charge in [-0.2, -0.15) is 0 Å². The summed E-state index contributed by atoms with van der Waals surface area (Å²) < 4.78 is 4.96. The van der Waals surface area contributed by atoms with Crippen molar-refractivity contribution in [2.45, 2.75) is 141 Å². The highest BCUT2D eigenvalue weighted by Gasteiger charge is 2.41. The highest BCUT2D eigenvalue weighted by molar-refractivity contribution is 6.03. The van der Waals surface area contributed by atoms with Crippen molar-refractivity contribution < 1.29 is 38.9 Å². The Labute approximate surface area is 216 Å². The first-order valence-corrected chi connectivity index (χ1v) is 14.0. The number of esters is 1. The molecule has 8 heteroatoms. The van der Waals surface area contributed by atoms with Gasteiger partial charge in [-0.3, -0.25) is 14.4 Å². The van der Waals surface area contributed by atoms with Crippen molar-refractivity contribution in [2.24, 2.45) is 5.92 Å². The minimum atomic E-state index is -2.02. The van der Waals surface area contributed by atoms with Crippen LogP contribution in [0.3, 0.4) is 0 Å². The number of unbranched alkanes of at least 4 members (excludes halogenated alkanes) is 16. The molecule has 0 aliphatic rings. The summed E-state index contributed by atoms with van der Waals surface area (Å²) in [5.74, 6) is -6.65. The molecular weight excluding hydrogens is 464 g/mol. The van der Waals surface area contributed by atoms with Crippen LogP contribution in [0.1, 0.15) is 135 Å². The lowest BCUT2D eigenvalue weighted by molar-refractivity contribution is -0.174. The summed E-state index contributed by atoms with van der Waals surface area (Å²) in [7, 11) is 0. The highest BCUT2D eigenvalue weighted by Crippen LogP contribution is 2.18. The summed E-state index contributed by atoms with van der Waals surface area (Å²) in [5.41, 5.74) is 0. The number of hydrogen-bond acceptors (Lipinski definition) is 6. The van der Waals surface area contributed by atoms with E-state index in [1.165, 1.54) is 44.9 Å². The molecule has 0 aromatic carbocycles. The second-order valence-corrected chi connectivity index (χ2v) is 9.64. The number of rotatable bonds is 26. The lowest BCUT2D eigenvalue weighted by Crippen LogP contribution is -2.43. The normalized spacial score (nSPS) is 12.6. The number of aliphatic carboxylic acids is 2. The molecule has 0 saturated heterocycles. The first-order valence-electron chi connectivity index (χ1n) is 14.0. The van der Waals surface area contributed by atoms with Crippen LogP contribution in [-0.2, 0) is 28.7 Å². The van der Waals surface area contributed by atoms with Crippen molar-refractivity contribution in [3.63, 3.8) is 0 Å². The predicted molar refractivity (Wildman–Crippen MR) is 138 cm³/mol. The molecule has 36 heavy (non-hydrogen) atoms. The number of ether oxygens (including phenoxy) is 1. The zero-order chi connectivity index (χ0) is 27.0. The molecule has 8 nitrogen and oxygen atoms in total. The first kappa shape index (κ1) is 33.8. The van der Waals surface area contributed by atoms with Crippen LogP contribution in [-0.4, -0.2) is 46.3 Å². The van der Waals surface area contributed by atoms with Crippen LogP contribution < -0.4 is 0 Å². The second-order valence-electron chi connectivity index (χ2n) is 9.64. The molecule has 0 radical (unpaired) electrons. The predicted octanol–water partition coefficient (Wildman–Crippen LogP) is 6.27. The third-order valence-electron chi connectivity index (χ3n) is 6.40. The lowest BCUT2D eigenvalue weighted by atomic mass is 9.93. The molecule has 2 atom stereocenters. The fourth-order valence-electron chi connectivity index (χ4n) is 4.22. The van der Waals surface area contributed by atoms with Gasteiger partial charge in [0.1, 0.15) is 6.29 Å². The maximum Gasteiger partial charge on any atom is 0.346 e. The summed E-state index contributed by atoms with van der Waals surface area (Å²) in [4.78, 5) is 58.2. The lowest BCUT2D eigenvalue weighted by Gasteiger charge is -2.20. The zero-order valence-electron chi connectivity index (χ0n) is 22.2. The van der Waals surface area contributed by atoms with E-state index in [1.807, 2.05) is 0 Å². The number of carboxylic acid groups (broad SMARTS) is 2. The third-order valence-corrected chi connectivity index (χ3v) is 6.40. The van der Waals surface area contributed by atoms with Gasteiger partial charge in [-0.15, -0.1) is 0 Å². The topological polar surface area (TPSA) is 135 Å². The molecule has 0 aromatic rings. The molecule has 0 saturated carbocycles. The Morgan fingerprint density at radius 3 is 1.53 bits per heavy atom. The van der Waals surface area contributed by atoms with Crippen molar-refractivity contribution in [1.82, 2.24) is 0 Å². The maximum atomic E-state index is 12.5. The molecule has 0 aliphatic heterocycles. The highest BCUT2D eigenvalue weighted by atomic mass is 16.6. The van der Waals surface area contributed by atoms with Gasteiger partial charge in [0.15, 0.2) is 11.7 Å². The zero-order valence-corrected chi connectivity index (χ0v) is 22.2. The SMILES string of the molecule is CCCCCCCCCCCCCC(=O)OC(C(=O)O)C(C(=O)O)C(=O)CCCCCCCCC=O.